The third-order valence-electron chi connectivity index (χ3n) is 4.27. The van der Waals surface area contributed by atoms with E-state index in [9.17, 15) is 13.2 Å². The zero-order chi connectivity index (χ0) is 19.3. The largest absolute Gasteiger partial charge is 0.332 e. The standard InChI is InChI=1S/C20H26N2O3S/c1-14(2)19(17-8-6-5-7-9-17)22-20(23)21-15(3)16-10-12-18(13-11-16)26(4,24)25/h5-15,19H,1-4H3,(H2,21,22,23). The van der Waals surface area contributed by atoms with Gasteiger partial charge in [-0.3, -0.25) is 0 Å². The summed E-state index contributed by atoms with van der Waals surface area (Å²) < 4.78 is 23.1. The van der Waals surface area contributed by atoms with E-state index in [4.69, 9.17) is 0 Å². The molecule has 0 aliphatic carbocycles. The van der Waals surface area contributed by atoms with Crippen LogP contribution < -0.4 is 10.6 Å². The van der Waals surface area contributed by atoms with Crippen LogP contribution >= 0.6 is 0 Å². The number of sulfone groups is 1. The second-order valence-electron chi connectivity index (χ2n) is 6.81. The van der Waals surface area contributed by atoms with Gasteiger partial charge in [0, 0.05) is 6.26 Å². The van der Waals surface area contributed by atoms with Crippen molar-refractivity contribution in [3.63, 3.8) is 0 Å². The highest BCUT2D eigenvalue weighted by Gasteiger charge is 2.19. The Balaban J connectivity index is 2.04. The molecule has 0 aliphatic rings. The monoisotopic (exact) mass is 374 g/mol. The summed E-state index contributed by atoms with van der Waals surface area (Å²) in [6.45, 7) is 5.98. The lowest BCUT2D eigenvalue weighted by molar-refractivity contribution is 0.230. The Morgan fingerprint density at radius 1 is 0.846 bits per heavy atom. The summed E-state index contributed by atoms with van der Waals surface area (Å²) in [6, 6.07) is 15.8. The molecule has 6 heteroatoms. The minimum atomic E-state index is -3.22. The van der Waals surface area contributed by atoms with Crippen LogP contribution in [0.2, 0.25) is 0 Å². The Labute approximate surface area is 155 Å². The highest BCUT2D eigenvalue weighted by atomic mass is 32.2. The molecule has 2 aromatic carbocycles. The zero-order valence-electron chi connectivity index (χ0n) is 15.6. The molecule has 0 spiro atoms. The fraction of sp³-hybridized carbons (Fsp3) is 0.350. The molecule has 0 aliphatic heterocycles. The van der Waals surface area contributed by atoms with Crippen molar-refractivity contribution in [2.24, 2.45) is 5.92 Å². The van der Waals surface area contributed by atoms with Gasteiger partial charge in [-0.05, 0) is 36.1 Å². The van der Waals surface area contributed by atoms with Gasteiger partial charge in [0.25, 0.3) is 0 Å². The zero-order valence-corrected chi connectivity index (χ0v) is 16.4. The minimum Gasteiger partial charge on any atom is -0.332 e. The second kappa shape index (κ2) is 8.36. The molecule has 0 bridgehead atoms. The van der Waals surface area contributed by atoms with Gasteiger partial charge in [-0.2, -0.15) is 0 Å². The van der Waals surface area contributed by atoms with Gasteiger partial charge in [0.1, 0.15) is 0 Å². The summed E-state index contributed by atoms with van der Waals surface area (Å²) in [7, 11) is -3.22. The molecule has 0 fully saturated rings. The first-order valence-corrected chi connectivity index (χ1v) is 10.5. The highest BCUT2D eigenvalue weighted by Crippen LogP contribution is 2.22. The van der Waals surface area contributed by atoms with E-state index < -0.39 is 9.84 Å². The summed E-state index contributed by atoms with van der Waals surface area (Å²) in [4.78, 5) is 12.7. The van der Waals surface area contributed by atoms with Crippen LogP contribution in [0.25, 0.3) is 0 Å². The quantitative estimate of drug-likeness (QED) is 0.806. The minimum absolute atomic E-state index is 0.0870. The number of hydrogen-bond donors (Lipinski definition) is 2. The Morgan fingerprint density at radius 3 is 1.92 bits per heavy atom. The van der Waals surface area contributed by atoms with E-state index in [0.29, 0.717) is 0 Å². The summed E-state index contributed by atoms with van der Waals surface area (Å²) >= 11 is 0. The maximum Gasteiger partial charge on any atom is 0.315 e. The molecule has 0 saturated heterocycles. The first kappa shape index (κ1) is 20.0. The lowest BCUT2D eigenvalue weighted by atomic mass is 9.96. The van der Waals surface area contributed by atoms with Crippen molar-refractivity contribution < 1.29 is 13.2 Å². The van der Waals surface area contributed by atoms with Crippen LogP contribution in [-0.4, -0.2) is 20.7 Å². The molecule has 2 rings (SSSR count). The highest BCUT2D eigenvalue weighted by molar-refractivity contribution is 7.90. The molecular weight excluding hydrogens is 348 g/mol. The molecule has 0 saturated carbocycles. The van der Waals surface area contributed by atoms with Crippen molar-refractivity contribution in [1.82, 2.24) is 10.6 Å². The fourth-order valence-corrected chi connectivity index (χ4v) is 3.39. The van der Waals surface area contributed by atoms with Gasteiger partial charge >= 0.3 is 6.03 Å². The third kappa shape index (κ3) is 5.33. The van der Waals surface area contributed by atoms with E-state index in [-0.39, 0.29) is 28.9 Å². The SMILES string of the molecule is CC(NC(=O)NC(c1ccccc1)C(C)C)c1ccc(S(C)(=O)=O)cc1. The number of nitrogens with one attached hydrogen (secondary N) is 2. The van der Waals surface area contributed by atoms with Crippen LogP contribution in [0.4, 0.5) is 4.79 Å². The van der Waals surface area contributed by atoms with Crippen molar-refractivity contribution in [1.29, 1.82) is 0 Å². The predicted molar refractivity (Wildman–Crippen MR) is 104 cm³/mol. The Kier molecular flexibility index (Phi) is 6.42. The van der Waals surface area contributed by atoms with Gasteiger partial charge in [0.15, 0.2) is 9.84 Å². The van der Waals surface area contributed by atoms with Crippen LogP contribution in [0.5, 0.6) is 0 Å². The molecular formula is C20H26N2O3S. The van der Waals surface area contributed by atoms with Crippen LogP contribution in [0.1, 0.15) is 44.0 Å². The van der Waals surface area contributed by atoms with Gasteiger partial charge in [-0.1, -0.05) is 56.3 Å². The number of benzene rings is 2. The molecule has 2 N–H and O–H groups in total. The molecule has 2 amide bonds. The van der Waals surface area contributed by atoms with E-state index in [1.165, 1.54) is 6.26 Å². The van der Waals surface area contributed by atoms with Gasteiger partial charge < -0.3 is 10.6 Å². The van der Waals surface area contributed by atoms with Crippen LogP contribution in [0.15, 0.2) is 59.5 Å². The van der Waals surface area contributed by atoms with Crippen molar-refractivity contribution in [2.75, 3.05) is 6.26 Å². The maximum atomic E-state index is 12.4. The van der Waals surface area contributed by atoms with Crippen LogP contribution in [0.3, 0.4) is 0 Å². The van der Waals surface area contributed by atoms with Gasteiger partial charge in [-0.25, -0.2) is 13.2 Å². The number of urea groups is 1. The van der Waals surface area contributed by atoms with Crippen LogP contribution in [-0.2, 0) is 9.84 Å². The number of rotatable bonds is 6. The van der Waals surface area contributed by atoms with E-state index in [2.05, 4.69) is 24.5 Å². The summed E-state index contributed by atoms with van der Waals surface area (Å²) in [5, 5.41) is 5.93. The van der Waals surface area contributed by atoms with Crippen molar-refractivity contribution in [2.45, 2.75) is 37.8 Å². The fourth-order valence-electron chi connectivity index (χ4n) is 2.76. The lowest BCUT2D eigenvalue weighted by Crippen LogP contribution is -2.40. The third-order valence-corrected chi connectivity index (χ3v) is 5.40. The van der Waals surface area contributed by atoms with E-state index >= 15 is 0 Å². The topological polar surface area (TPSA) is 75.3 Å². The average molecular weight is 375 g/mol. The number of hydrogen-bond acceptors (Lipinski definition) is 3. The van der Waals surface area contributed by atoms with Crippen LogP contribution in [0, 0.1) is 5.92 Å². The van der Waals surface area contributed by atoms with E-state index in [1.807, 2.05) is 37.3 Å². The summed E-state index contributed by atoms with van der Waals surface area (Å²) in [5.41, 5.74) is 1.90. The molecule has 2 atom stereocenters. The molecule has 2 unspecified atom stereocenters. The van der Waals surface area contributed by atoms with E-state index in [1.54, 1.807) is 24.3 Å². The average Bonchev–Trinajstić information content (AvgIpc) is 2.59. The predicted octanol–water partition coefficient (Wildman–Crippen LogP) is 3.85. The molecule has 26 heavy (non-hydrogen) atoms. The first-order chi connectivity index (χ1) is 12.2. The first-order valence-electron chi connectivity index (χ1n) is 8.60. The Bertz CT molecular complexity index is 831. The number of amides is 2. The number of carbonyl (C=O) groups excluding carboxylic acids is 1. The molecule has 0 radical (unpaired) electrons. The van der Waals surface area contributed by atoms with E-state index in [0.717, 1.165) is 11.1 Å². The van der Waals surface area contributed by atoms with Gasteiger partial charge in [-0.15, -0.1) is 0 Å². The summed E-state index contributed by atoms with van der Waals surface area (Å²) in [5.74, 6) is 0.243. The van der Waals surface area contributed by atoms with Crippen molar-refractivity contribution >= 4 is 15.9 Å². The Hall–Kier alpha value is -2.34. The number of carbonyl (C=O) groups is 1. The van der Waals surface area contributed by atoms with Gasteiger partial charge in [0.2, 0.25) is 0 Å². The van der Waals surface area contributed by atoms with Crippen molar-refractivity contribution in [3.05, 3.63) is 65.7 Å². The second-order valence-corrected chi connectivity index (χ2v) is 8.83. The lowest BCUT2D eigenvalue weighted by Gasteiger charge is -2.24. The molecule has 5 nitrogen and oxygen atoms in total. The maximum absolute atomic E-state index is 12.4. The molecule has 2 aromatic rings. The normalized spacial score (nSPS) is 13.9. The summed E-state index contributed by atoms with van der Waals surface area (Å²) in [6.07, 6.45) is 1.17. The smallest absolute Gasteiger partial charge is 0.315 e. The molecule has 0 aromatic heterocycles. The Morgan fingerprint density at radius 2 is 1.42 bits per heavy atom. The van der Waals surface area contributed by atoms with Gasteiger partial charge in [0.05, 0.1) is 17.0 Å². The molecule has 140 valence electrons. The molecule has 0 heterocycles. The van der Waals surface area contributed by atoms with Crippen molar-refractivity contribution in [3.8, 4) is 0 Å².